The Morgan fingerprint density at radius 3 is 2.81 bits per heavy atom. The number of esters is 1. The molecule has 4 nitrogen and oxygen atoms in total. The SMILES string of the molecule is COc1ccc(N)c(C(=O)OCc2cccc(F)c2Cl)c1. The van der Waals surface area contributed by atoms with Crippen molar-refractivity contribution in [3.05, 3.63) is 58.4 Å². The molecule has 0 unspecified atom stereocenters. The predicted octanol–water partition coefficient (Wildman–Crippen LogP) is 3.43. The largest absolute Gasteiger partial charge is 0.497 e. The number of methoxy groups -OCH3 is 1. The van der Waals surface area contributed by atoms with Gasteiger partial charge in [0.15, 0.2) is 0 Å². The third kappa shape index (κ3) is 3.44. The van der Waals surface area contributed by atoms with Gasteiger partial charge in [-0.05, 0) is 24.3 Å². The van der Waals surface area contributed by atoms with E-state index >= 15 is 0 Å². The molecule has 110 valence electrons. The number of carbonyl (C=O) groups is 1. The molecule has 0 bridgehead atoms. The molecule has 0 saturated heterocycles. The summed E-state index contributed by atoms with van der Waals surface area (Å²) in [4.78, 5) is 12.0. The van der Waals surface area contributed by atoms with Crippen LogP contribution in [0.15, 0.2) is 36.4 Å². The number of rotatable bonds is 4. The van der Waals surface area contributed by atoms with Crippen molar-refractivity contribution in [1.29, 1.82) is 0 Å². The van der Waals surface area contributed by atoms with Gasteiger partial charge in [0, 0.05) is 11.3 Å². The second-order valence-electron chi connectivity index (χ2n) is 4.24. The Morgan fingerprint density at radius 2 is 2.10 bits per heavy atom. The van der Waals surface area contributed by atoms with Gasteiger partial charge >= 0.3 is 5.97 Å². The van der Waals surface area contributed by atoms with Crippen LogP contribution < -0.4 is 10.5 Å². The fourth-order valence-electron chi connectivity index (χ4n) is 1.72. The summed E-state index contributed by atoms with van der Waals surface area (Å²) < 4.78 is 23.4. The van der Waals surface area contributed by atoms with Crippen LogP contribution in [0.1, 0.15) is 15.9 Å². The van der Waals surface area contributed by atoms with Crippen LogP contribution in [-0.2, 0) is 11.3 Å². The highest BCUT2D eigenvalue weighted by atomic mass is 35.5. The average molecular weight is 310 g/mol. The lowest BCUT2D eigenvalue weighted by Gasteiger charge is -2.09. The third-order valence-corrected chi connectivity index (χ3v) is 3.29. The van der Waals surface area contributed by atoms with Crippen molar-refractivity contribution in [2.75, 3.05) is 12.8 Å². The zero-order valence-corrected chi connectivity index (χ0v) is 12.0. The molecule has 0 aliphatic heterocycles. The van der Waals surface area contributed by atoms with Crippen molar-refractivity contribution >= 4 is 23.3 Å². The van der Waals surface area contributed by atoms with E-state index in [1.165, 1.54) is 25.3 Å². The minimum Gasteiger partial charge on any atom is -0.497 e. The van der Waals surface area contributed by atoms with Gasteiger partial charge in [-0.3, -0.25) is 0 Å². The van der Waals surface area contributed by atoms with E-state index in [-0.39, 0.29) is 22.9 Å². The first-order valence-corrected chi connectivity index (χ1v) is 6.44. The Labute approximate surface area is 126 Å². The smallest absolute Gasteiger partial charge is 0.340 e. The molecule has 0 radical (unpaired) electrons. The minimum absolute atomic E-state index is 0.0658. The Hall–Kier alpha value is -2.27. The van der Waals surface area contributed by atoms with E-state index in [4.69, 9.17) is 26.8 Å². The van der Waals surface area contributed by atoms with Crippen molar-refractivity contribution in [2.24, 2.45) is 0 Å². The minimum atomic E-state index is -0.633. The van der Waals surface area contributed by atoms with Crippen molar-refractivity contribution in [2.45, 2.75) is 6.61 Å². The molecule has 0 spiro atoms. The highest BCUT2D eigenvalue weighted by Gasteiger charge is 2.14. The molecule has 2 aromatic carbocycles. The number of benzene rings is 2. The van der Waals surface area contributed by atoms with Crippen LogP contribution in [0, 0.1) is 5.82 Å². The lowest BCUT2D eigenvalue weighted by molar-refractivity contribution is 0.0473. The van der Waals surface area contributed by atoms with E-state index in [0.29, 0.717) is 11.3 Å². The Morgan fingerprint density at radius 1 is 1.33 bits per heavy atom. The van der Waals surface area contributed by atoms with Crippen LogP contribution in [-0.4, -0.2) is 13.1 Å². The monoisotopic (exact) mass is 309 g/mol. The third-order valence-electron chi connectivity index (χ3n) is 2.87. The first kappa shape index (κ1) is 15.1. The van der Waals surface area contributed by atoms with E-state index < -0.39 is 11.8 Å². The van der Waals surface area contributed by atoms with Crippen LogP contribution in [0.4, 0.5) is 10.1 Å². The fraction of sp³-hybridized carbons (Fsp3) is 0.133. The van der Waals surface area contributed by atoms with Gasteiger partial charge in [-0.15, -0.1) is 0 Å². The predicted molar refractivity (Wildman–Crippen MR) is 77.9 cm³/mol. The standard InChI is InChI=1S/C15H13ClFNO3/c1-20-10-5-6-13(18)11(7-10)15(19)21-8-9-3-2-4-12(17)14(9)16/h2-7H,8,18H2,1H3. The number of halogens is 2. The second-order valence-corrected chi connectivity index (χ2v) is 4.62. The van der Waals surface area contributed by atoms with Crippen molar-refractivity contribution < 1.29 is 18.7 Å². The zero-order chi connectivity index (χ0) is 15.4. The molecule has 2 aromatic rings. The van der Waals surface area contributed by atoms with Crippen LogP contribution in [0.5, 0.6) is 5.75 Å². The lowest BCUT2D eigenvalue weighted by Crippen LogP contribution is -2.09. The Balaban J connectivity index is 2.13. The summed E-state index contributed by atoms with van der Waals surface area (Å²) >= 11 is 5.79. The van der Waals surface area contributed by atoms with Gasteiger partial charge in [0.05, 0.1) is 17.7 Å². The van der Waals surface area contributed by atoms with Gasteiger partial charge < -0.3 is 15.2 Å². The second kappa shape index (κ2) is 6.45. The van der Waals surface area contributed by atoms with Crippen LogP contribution in [0.25, 0.3) is 0 Å². The van der Waals surface area contributed by atoms with E-state index in [9.17, 15) is 9.18 Å². The Bertz CT molecular complexity index is 676. The molecule has 0 aliphatic carbocycles. The van der Waals surface area contributed by atoms with Crippen molar-refractivity contribution in [3.8, 4) is 5.75 Å². The molecule has 0 heterocycles. The van der Waals surface area contributed by atoms with Gasteiger partial charge in [-0.25, -0.2) is 9.18 Å². The van der Waals surface area contributed by atoms with Gasteiger partial charge in [0.1, 0.15) is 18.2 Å². The maximum Gasteiger partial charge on any atom is 0.340 e. The highest BCUT2D eigenvalue weighted by molar-refractivity contribution is 6.31. The fourth-order valence-corrected chi connectivity index (χ4v) is 1.90. The molecule has 2 N–H and O–H groups in total. The number of nitrogens with two attached hydrogens (primary N) is 1. The molecule has 21 heavy (non-hydrogen) atoms. The molecular weight excluding hydrogens is 297 g/mol. The van der Waals surface area contributed by atoms with Crippen molar-refractivity contribution in [1.82, 2.24) is 0 Å². The normalized spacial score (nSPS) is 10.2. The molecule has 0 saturated carbocycles. The summed E-state index contributed by atoms with van der Waals surface area (Å²) in [5.74, 6) is -0.710. The summed E-state index contributed by atoms with van der Waals surface area (Å²) in [6, 6.07) is 8.95. The number of carbonyl (C=O) groups excluding carboxylic acids is 1. The van der Waals surface area contributed by atoms with Gasteiger partial charge in [0.25, 0.3) is 0 Å². The average Bonchev–Trinajstić information content (AvgIpc) is 2.49. The van der Waals surface area contributed by atoms with Crippen LogP contribution in [0.3, 0.4) is 0 Å². The Kier molecular flexibility index (Phi) is 4.65. The maximum atomic E-state index is 13.3. The summed E-state index contributed by atoms with van der Waals surface area (Å²) in [6.45, 7) is -0.147. The molecule has 0 fully saturated rings. The zero-order valence-electron chi connectivity index (χ0n) is 11.2. The van der Waals surface area contributed by atoms with E-state index in [1.54, 1.807) is 18.2 Å². The number of hydrogen-bond acceptors (Lipinski definition) is 4. The topological polar surface area (TPSA) is 61.5 Å². The summed E-state index contributed by atoms with van der Waals surface area (Å²) in [6.07, 6.45) is 0. The van der Waals surface area contributed by atoms with Crippen LogP contribution in [0.2, 0.25) is 5.02 Å². The van der Waals surface area contributed by atoms with Gasteiger partial charge in [-0.2, -0.15) is 0 Å². The number of ether oxygens (including phenoxy) is 2. The van der Waals surface area contributed by atoms with Crippen LogP contribution >= 0.6 is 11.6 Å². The molecule has 0 aromatic heterocycles. The van der Waals surface area contributed by atoms with Gasteiger partial charge in [-0.1, -0.05) is 23.7 Å². The lowest BCUT2D eigenvalue weighted by atomic mass is 10.1. The molecular formula is C15H13ClFNO3. The number of nitrogen functional groups attached to an aromatic ring is 1. The van der Waals surface area contributed by atoms with E-state index in [2.05, 4.69) is 0 Å². The molecule has 0 amide bonds. The first-order valence-electron chi connectivity index (χ1n) is 6.06. The number of hydrogen-bond donors (Lipinski definition) is 1. The van der Waals surface area contributed by atoms with Crippen molar-refractivity contribution in [3.63, 3.8) is 0 Å². The number of anilines is 1. The summed E-state index contributed by atoms with van der Waals surface area (Å²) in [5.41, 5.74) is 6.56. The molecule has 6 heteroatoms. The van der Waals surface area contributed by atoms with E-state index in [0.717, 1.165) is 0 Å². The summed E-state index contributed by atoms with van der Waals surface area (Å²) in [5, 5.41) is -0.0658. The maximum absolute atomic E-state index is 13.3. The quantitative estimate of drug-likeness (QED) is 0.694. The van der Waals surface area contributed by atoms with Gasteiger partial charge in [0.2, 0.25) is 0 Å². The first-order chi connectivity index (χ1) is 10.0. The highest BCUT2D eigenvalue weighted by Crippen LogP contribution is 2.23. The summed E-state index contributed by atoms with van der Waals surface area (Å²) in [7, 11) is 1.48. The molecule has 0 atom stereocenters. The molecule has 2 rings (SSSR count). The molecule has 0 aliphatic rings. The van der Waals surface area contributed by atoms with E-state index in [1.807, 2.05) is 0 Å².